The lowest BCUT2D eigenvalue weighted by Gasteiger charge is -2.21. The number of aliphatic imine (C=N–C) groups is 1. The Hall–Kier alpha value is -2.17. The number of rotatable bonds is 12. The van der Waals surface area contributed by atoms with Crippen molar-refractivity contribution in [3.05, 3.63) is 0 Å². The zero-order valence-electron chi connectivity index (χ0n) is 14.5. The molecule has 0 aromatic carbocycles. The summed E-state index contributed by atoms with van der Waals surface area (Å²) in [6, 6.07) is -1.96. The van der Waals surface area contributed by atoms with E-state index in [0.717, 1.165) is 0 Å². The van der Waals surface area contributed by atoms with Gasteiger partial charge in [-0.15, -0.1) is 0 Å². The van der Waals surface area contributed by atoms with Crippen molar-refractivity contribution in [1.29, 1.82) is 0 Å². The van der Waals surface area contributed by atoms with Gasteiger partial charge in [0, 0.05) is 6.54 Å². The number of hydrogen-bond donors (Lipinski definition) is 5. The minimum Gasteiger partial charge on any atom is -0.480 e. The molecule has 11 heteroatoms. The predicted octanol–water partition coefficient (Wildman–Crippen LogP) is -0.523. The zero-order valence-corrected chi connectivity index (χ0v) is 15.3. The van der Waals surface area contributed by atoms with Crippen molar-refractivity contribution in [2.45, 2.75) is 38.3 Å². The van der Waals surface area contributed by atoms with Gasteiger partial charge in [0.2, 0.25) is 5.91 Å². The predicted molar refractivity (Wildman–Crippen MR) is 96.4 cm³/mol. The maximum atomic E-state index is 12.4. The summed E-state index contributed by atoms with van der Waals surface area (Å²) in [4.78, 5) is 39.0. The van der Waals surface area contributed by atoms with Crippen LogP contribution in [-0.2, 0) is 14.3 Å². The normalized spacial score (nSPS) is 12.6. The van der Waals surface area contributed by atoms with Gasteiger partial charge < -0.3 is 31.9 Å². The van der Waals surface area contributed by atoms with Crippen LogP contribution >= 0.6 is 11.8 Å². The molecule has 0 saturated heterocycles. The molecule has 0 aromatic heterocycles. The van der Waals surface area contributed by atoms with Crippen LogP contribution in [-0.4, -0.2) is 66.3 Å². The maximum Gasteiger partial charge on any atom is 0.407 e. The third kappa shape index (κ3) is 11.1. The Kier molecular flexibility index (Phi) is 12.0. The number of alkyl carbamates (subject to hydrolysis) is 1. The summed E-state index contributed by atoms with van der Waals surface area (Å²) in [7, 11) is 0. The molecule has 0 radical (unpaired) electrons. The third-order valence-corrected chi connectivity index (χ3v) is 3.70. The Balaban J connectivity index is 4.83. The molecule has 0 spiro atoms. The highest BCUT2D eigenvalue weighted by Gasteiger charge is 2.26. The fourth-order valence-corrected chi connectivity index (χ4v) is 2.32. The number of carboxylic acid groups (broad SMARTS) is 1. The lowest BCUT2D eigenvalue weighted by atomic mass is 10.1. The Morgan fingerprint density at radius 3 is 2.40 bits per heavy atom. The fraction of sp³-hybridized carbons (Fsp3) is 0.714. The Labute approximate surface area is 151 Å². The average molecular weight is 377 g/mol. The first kappa shape index (κ1) is 22.8. The second-order valence-electron chi connectivity index (χ2n) is 5.05. The number of guanidine groups is 1. The molecule has 25 heavy (non-hydrogen) atoms. The largest absolute Gasteiger partial charge is 0.480 e. The molecule has 7 N–H and O–H groups in total. The lowest BCUT2D eigenvalue weighted by Crippen LogP contribution is -2.51. The van der Waals surface area contributed by atoms with Gasteiger partial charge in [0.05, 0.1) is 6.61 Å². The molecule has 0 rings (SSSR count). The second-order valence-corrected chi connectivity index (χ2v) is 6.03. The van der Waals surface area contributed by atoms with Crippen LogP contribution in [0.5, 0.6) is 0 Å². The standard InChI is InChI=1S/C14H27N5O5S/c1-3-24-14(23)19-9(5-4-7-17-13(15)16)11(20)18-10(12(21)22)6-8-25-2/h9-10H,3-8H2,1-2H3,(H,18,20)(H,19,23)(H,21,22)(H4,15,16,17). The molecule has 0 bridgehead atoms. The van der Waals surface area contributed by atoms with E-state index in [4.69, 9.17) is 16.2 Å². The van der Waals surface area contributed by atoms with E-state index in [0.29, 0.717) is 12.2 Å². The minimum absolute atomic E-state index is 0.0673. The highest BCUT2D eigenvalue weighted by atomic mass is 32.2. The van der Waals surface area contributed by atoms with Gasteiger partial charge in [0.1, 0.15) is 12.1 Å². The Bertz CT molecular complexity index is 471. The molecule has 0 aromatic rings. The first-order chi connectivity index (χ1) is 11.8. The quantitative estimate of drug-likeness (QED) is 0.172. The molecule has 10 nitrogen and oxygen atoms in total. The number of carbonyl (C=O) groups excluding carboxylic acids is 2. The van der Waals surface area contributed by atoms with E-state index >= 15 is 0 Å². The van der Waals surface area contributed by atoms with E-state index in [1.54, 1.807) is 6.92 Å². The highest BCUT2D eigenvalue weighted by Crippen LogP contribution is 2.04. The van der Waals surface area contributed by atoms with Crippen molar-refractivity contribution in [2.24, 2.45) is 16.5 Å². The van der Waals surface area contributed by atoms with Crippen molar-refractivity contribution < 1.29 is 24.2 Å². The molecule has 0 aliphatic heterocycles. The van der Waals surface area contributed by atoms with Crippen molar-refractivity contribution in [1.82, 2.24) is 10.6 Å². The van der Waals surface area contributed by atoms with E-state index in [1.165, 1.54) is 11.8 Å². The number of carbonyl (C=O) groups is 3. The van der Waals surface area contributed by atoms with Crippen molar-refractivity contribution in [2.75, 3.05) is 25.2 Å². The van der Waals surface area contributed by atoms with Crippen LogP contribution in [0.25, 0.3) is 0 Å². The van der Waals surface area contributed by atoms with Crippen LogP contribution in [0.4, 0.5) is 4.79 Å². The van der Waals surface area contributed by atoms with Gasteiger partial charge in [0.15, 0.2) is 5.96 Å². The average Bonchev–Trinajstić information content (AvgIpc) is 2.53. The molecular weight excluding hydrogens is 350 g/mol. The summed E-state index contributed by atoms with van der Waals surface area (Å²) >= 11 is 1.48. The Morgan fingerprint density at radius 2 is 1.88 bits per heavy atom. The number of nitrogens with zero attached hydrogens (tertiary/aromatic N) is 1. The monoisotopic (exact) mass is 377 g/mol. The molecular formula is C14H27N5O5S. The number of nitrogens with two attached hydrogens (primary N) is 2. The van der Waals surface area contributed by atoms with Crippen LogP contribution in [0.1, 0.15) is 26.2 Å². The SMILES string of the molecule is CCOC(=O)NC(CCCN=C(N)N)C(=O)NC(CCSC)C(=O)O. The van der Waals surface area contributed by atoms with Gasteiger partial charge in [0.25, 0.3) is 0 Å². The number of aliphatic carboxylic acids is 1. The second kappa shape index (κ2) is 13.2. The van der Waals surface area contributed by atoms with Crippen molar-refractivity contribution >= 4 is 35.7 Å². The van der Waals surface area contributed by atoms with Gasteiger partial charge in [-0.2, -0.15) is 11.8 Å². The van der Waals surface area contributed by atoms with E-state index in [-0.39, 0.29) is 32.0 Å². The third-order valence-electron chi connectivity index (χ3n) is 3.05. The van der Waals surface area contributed by atoms with E-state index in [9.17, 15) is 19.5 Å². The van der Waals surface area contributed by atoms with Gasteiger partial charge >= 0.3 is 12.1 Å². The van der Waals surface area contributed by atoms with E-state index in [2.05, 4.69) is 15.6 Å². The molecule has 2 atom stereocenters. The number of thioether (sulfide) groups is 1. The van der Waals surface area contributed by atoms with Crippen LogP contribution < -0.4 is 22.1 Å². The van der Waals surface area contributed by atoms with Crippen LogP contribution in [0, 0.1) is 0 Å². The molecule has 144 valence electrons. The molecule has 0 saturated carbocycles. The molecule has 2 amide bonds. The molecule has 2 unspecified atom stereocenters. The van der Waals surface area contributed by atoms with Crippen molar-refractivity contribution in [3.8, 4) is 0 Å². The van der Waals surface area contributed by atoms with Crippen molar-refractivity contribution in [3.63, 3.8) is 0 Å². The first-order valence-electron chi connectivity index (χ1n) is 7.82. The Morgan fingerprint density at radius 1 is 1.20 bits per heavy atom. The van der Waals surface area contributed by atoms with Gasteiger partial charge in [-0.05, 0) is 38.2 Å². The molecule has 0 aliphatic rings. The molecule has 0 aliphatic carbocycles. The highest BCUT2D eigenvalue weighted by molar-refractivity contribution is 7.98. The van der Waals surface area contributed by atoms with Crippen LogP contribution in [0.2, 0.25) is 0 Å². The zero-order chi connectivity index (χ0) is 19.2. The number of ether oxygens (including phenoxy) is 1. The summed E-state index contributed by atoms with van der Waals surface area (Å²) < 4.78 is 4.77. The summed E-state index contributed by atoms with van der Waals surface area (Å²) in [6.45, 7) is 2.07. The smallest absolute Gasteiger partial charge is 0.407 e. The molecule has 0 fully saturated rings. The minimum atomic E-state index is -1.13. The lowest BCUT2D eigenvalue weighted by molar-refractivity contribution is -0.142. The summed E-state index contributed by atoms with van der Waals surface area (Å²) in [5.41, 5.74) is 10.5. The first-order valence-corrected chi connectivity index (χ1v) is 9.22. The molecule has 0 heterocycles. The number of hydrogen-bond acceptors (Lipinski definition) is 6. The van der Waals surface area contributed by atoms with Crippen LogP contribution in [0.15, 0.2) is 4.99 Å². The number of amides is 2. The topological polar surface area (TPSA) is 169 Å². The fourth-order valence-electron chi connectivity index (χ4n) is 1.85. The van der Waals surface area contributed by atoms with Gasteiger partial charge in [-0.1, -0.05) is 0 Å². The summed E-state index contributed by atoms with van der Waals surface area (Å²) in [5.74, 6) is -1.20. The van der Waals surface area contributed by atoms with E-state index < -0.39 is 30.1 Å². The van der Waals surface area contributed by atoms with Gasteiger partial charge in [-0.25, -0.2) is 9.59 Å². The summed E-state index contributed by atoms with van der Waals surface area (Å²) in [6.07, 6.45) is 2.03. The number of nitrogens with one attached hydrogen (secondary N) is 2. The van der Waals surface area contributed by atoms with Crippen LogP contribution in [0.3, 0.4) is 0 Å². The van der Waals surface area contributed by atoms with E-state index in [1.807, 2.05) is 6.26 Å². The summed E-state index contributed by atoms with van der Waals surface area (Å²) in [5, 5.41) is 14.1. The number of carboxylic acids is 1. The maximum absolute atomic E-state index is 12.4. The van der Waals surface area contributed by atoms with Gasteiger partial charge in [-0.3, -0.25) is 9.79 Å².